The van der Waals surface area contributed by atoms with Gasteiger partial charge in [-0.1, -0.05) is 47.5 Å². The molecule has 152 valence electrons. The van der Waals surface area contributed by atoms with Crippen LogP contribution in [0, 0.1) is 20.8 Å². The number of nitrogens with one attached hydrogen (secondary N) is 2. The molecule has 1 atom stereocenters. The molecule has 2 aromatic carbocycles. The first kappa shape index (κ1) is 19.8. The number of rotatable bonds is 4. The molecule has 2 aromatic rings. The number of anilines is 1. The van der Waals surface area contributed by atoms with Crippen LogP contribution in [0.3, 0.4) is 0 Å². The fraction of sp³-hybridized carbons (Fsp3) is 0.417. The van der Waals surface area contributed by atoms with Crippen LogP contribution in [-0.2, 0) is 16.1 Å². The van der Waals surface area contributed by atoms with Gasteiger partial charge in [0.2, 0.25) is 5.91 Å². The van der Waals surface area contributed by atoms with E-state index in [1.807, 2.05) is 32.0 Å². The quantitative estimate of drug-likeness (QED) is 0.731. The molecule has 0 aromatic heterocycles. The van der Waals surface area contributed by atoms with Gasteiger partial charge in [-0.15, -0.1) is 0 Å². The van der Waals surface area contributed by atoms with Crippen LogP contribution in [0.25, 0.3) is 0 Å². The van der Waals surface area contributed by atoms with Crippen molar-refractivity contribution in [3.63, 3.8) is 0 Å². The van der Waals surface area contributed by atoms with Crippen molar-refractivity contribution in [3.05, 3.63) is 64.7 Å². The van der Waals surface area contributed by atoms with Crippen LogP contribution in [0.15, 0.2) is 42.5 Å². The largest absolute Gasteiger partial charge is 0.322 e. The summed E-state index contributed by atoms with van der Waals surface area (Å²) in [5.41, 5.74) is 5.54. The maximum absolute atomic E-state index is 13.1. The van der Waals surface area contributed by atoms with E-state index >= 15 is 0 Å². The van der Waals surface area contributed by atoms with Gasteiger partial charge < -0.3 is 9.80 Å². The number of carbonyl (C=O) groups excluding carboxylic acids is 2. The van der Waals surface area contributed by atoms with Gasteiger partial charge in [0, 0.05) is 5.56 Å². The molecule has 2 amide bonds. The molecule has 0 unspecified atom stereocenters. The number of hydrogen-bond acceptors (Lipinski definition) is 2. The Balaban J connectivity index is 1.40. The average molecular weight is 394 g/mol. The molecule has 2 fully saturated rings. The van der Waals surface area contributed by atoms with E-state index in [1.54, 1.807) is 4.90 Å². The third kappa shape index (κ3) is 4.11. The number of imide groups is 1. The zero-order valence-corrected chi connectivity index (χ0v) is 17.6. The lowest BCUT2D eigenvalue weighted by atomic mass is 10.1. The van der Waals surface area contributed by atoms with Crippen LogP contribution in [0.2, 0.25) is 0 Å². The topological polar surface area (TPSA) is 46.3 Å². The third-order valence-corrected chi connectivity index (χ3v) is 6.37. The molecular weight excluding hydrogens is 362 g/mol. The SMILES string of the molecule is Cc1cccc(C[NH+]2CC[NH+]([C@@H]3CC(=O)N(c4ccc(C)cc4C)C3=O)CC2)c1. The fourth-order valence-electron chi connectivity index (χ4n) is 4.82. The van der Waals surface area contributed by atoms with Crippen molar-refractivity contribution < 1.29 is 19.4 Å². The number of piperazine rings is 1. The summed E-state index contributed by atoms with van der Waals surface area (Å²) in [7, 11) is 0. The molecule has 0 aliphatic carbocycles. The first-order valence-electron chi connectivity index (χ1n) is 10.6. The highest BCUT2D eigenvalue weighted by Crippen LogP contribution is 2.26. The van der Waals surface area contributed by atoms with Crippen LogP contribution in [0.4, 0.5) is 5.69 Å². The molecule has 2 aliphatic rings. The van der Waals surface area contributed by atoms with Gasteiger partial charge in [-0.3, -0.25) is 9.59 Å². The van der Waals surface area contributed by atoms with Crippen molar-refractivity contribution in [2.75, 3.05) is 31.1 Å². The summed E-state index contributed by atoms with van der Waals surface area (Å²) >= 11 is 0. The second-order valence-corrected chi connectivity index (χ2v) is 8.69. The van der Waals surface area contributed by atoms with Crippen molar-refractivity contribution >= 4 is 17.5 Å². The van der Waals surface area contributed by atoms with Gasteiger partial charge in [0.15, 0.2) is 6.04 Å². The second kappa shape index (κ2) is 8.09. The summed E-state index contributed by atoms with van der Waals surface area (Å²) in [6.45, 7) is 11.1. The third-order valence-electron chi connectivity index (χ3n) is 6.37. The molecule has 0 radical (unpaired) electrons. The lowest BCUT2D eigenvalue weighted by molar-refractivity contribution is -1.02. The number of aryl methyl sites for hydroxylation is 3. The standard InChI is InChI=1S/C24H29N3O2/c1-17-5-4-6-20(14-17)16-25-9-11-26(12-10-25)22-15-23(28)27(24(22)29)21-8-7-18(2)13-19(21)3/h4-8,13-14,22H,9-12,15-16H2,1-3H3/p+2/t22-/m1/s1. The minimum atomic E-state index is -0.233. The van der Waals surface area contributed by atoms with Gasteiger partial charge >= 0.3 is 0 Å². The molecule has 2 saturated heterocycles. The van der Waals surface area contributed by atoms with E-state index in [0.29, 0.717) is 6.42 Å². The zero-order chi connectivity index (χ0) is 20.5. The number of carbonyl (C=O) groups is 2. The molecule has 0 spiro atoms. The number of amides is 2. The average Bonchev–Trinajstić information content (AvgIpc) is 2.97. The van der Waals surface area contributed by atoms with Crippen molar-refractivity contribution in [1.29, 1.82) is 0 Å². The Morgan fingerprint density at radius 2 is 1.66 bits per heavy atom. The number of hydrogen-bond donors (Lipinski definition) is 2. The summed E-state index contributed by atoms with van der Waals surface area (Å²) in [5.74, 6) is -0.0897. The predicted octanol–water partition coefficient (Wildman–Crippen LogP) is 0.227. The van der Waals surface area contributed by atoms with Gasteiger partial charge in [0.1, 0.15) is 32.7 Å². The molecule has 0 bridgehead atoms. The van der Waals surface area contributed by atoms with Gasteiger partial charge in [-0.2, -0.15) is 0 Å². The summed E-state index contributed by atoms with van der Waals surface area (Å²) in [5, 5.41) is 0. The normalized spacial score (nSPS) is 24.9. The highest BCUT2D eigenvalue weighted by atomic mass is 16.2. The van der Waals surface area contributed by atoms with E-state index in [0.717, 1.165) is 49.5 Å². The Hall–Kier alpha value is -2.50. The summed E-state index contributed by atoms with van der Waals surface area (Å²) in [6.07, 6.45) is 0.328. The monoisotopic (exact) mass is 393 g/mol. The minimum Gasteiger partial charge on any atom is -0.322 e. The minimum absolute atomic E-state index is 0.0286. The van der Waals surface area contributed by atoms with Crippen LogP contribution < -0.4 is 14.7 Å². The molecule has 2 N–H and O–H groups in total. The Kier molecular flexibility index (Phi) is 5.52. The number of nitrogens with zero attached hydrogens (tertiary/aromatic N) is 1. The lowest BCUT2D eigenvalue weighted by Crippen LogP contribution is -3.29. The summed E-state index contributed by atoms with van der Waals surface area (Å²) < 4.78 is 0. The van der Waals surface area contributed by atoms with Crippen LogP contribution >= 0.6 is 0 Å². The molecule has 2 heterocycles. The predicted molar refractivity (Wildman–Crippen MR) is 113 cm³/mol. The maximum atomic E-state index is 13.1. The smallest absolute Gasteiger partial charge is 0.292 e. The Morgan fingerprint density at radius 3 is 2.34 bits per heavy atom. The summed E-state index contributed by atoms with van der Waals surface area (Å²) in [6, 6.07) is 14.4. The van der Waals surface area contributed by atoms with Crippen LogP contribution in [0.1, 0.15) is 28.7 Å². The van der Waals surface area contributed by atoms with E-state index in [4.69, 9.17) is 0 Å². The maximum Gasteiger partial charge on any atom is 0.292 e. The van der Waals surface area contributed by atoms with E-state index in [2.05, 4.69) is 31.2 Å². The van der Waals surface area contributed by atoms with Crippen LogP contribution in [0.5, 0.6) is 0 Å². The summed E-state index contributed by atoms with van der Waals surface area (Å²) in [4.78, 5) is 30.1. The zero-order valence-electron chi connectivity index (χ0n) is 17.6. The van der Waals surface area contributed by atoms with Gasteiger partial charge in [0.25, 0.3) is 5.91 Å². The molecule has 0 saturated carbocycles. The van der Waals surface area contributed by atoms with Crippen molar-refractivity contribution in [2.24, 2.45) is 0 Å². The van der Waals surface area contributed by atoms with E-state index in [1.165, 1.54) is 20.9 Å². The number of benzene rings is 2. The molecule has 4 rings (SSSR count). The highest BCUT2D eigenvalue weighted by molar-refractivity contribution is 6.22. The van der Waals surface area contributed by atoms with E-state index in [9.17, 15) is 9.59 Å². The number of quaternary nitrogens is 2. The van der Waals surface area contributed by atoms with Crippen molar-refractivity contribution in [3.8, 4) is 0 Å². The fourth-order valence-corrected chi connectivity index (χ4v) is 4.82. The van der Waals surface area contributed by atoms with E-state index < -0.39 is 0 Å². The van der Waals surface area contributed by atoms with Crippen LogP contribution in [-0.4, -0.2) is 44.0 Å². The molecule has 29 heavy (non-hydrogen) atoms. The first-order valence-corrected chi connectivity index (χ1v) is 10.6. The van der Waals surface area contributed by atoms with Gasteiger partial charge in [-0.25, -0.2) is 4.90 Å². The molecular formula is C24H31N3O2+2. The Labute approximate surface area is 172 Å². The Morgan fingerprint density at radius 1 is 0.931 bits per heavy atom. The molecule has 5 heteroatoms. The second-order valence-electron chi connectivity index (χ2n) is 8.69. The molecule has 5 nitrogen and oxygen atoms in total. The molecule has 2 aliphatic heterocycles. The van der Waals surface area contributed by atoms with Gasteiger partial charge in [0.05, 0.1) is 12.1 Å². The van der Waals surface area contributed by atoms with Crippen molar-refractivity contribution in [1.82, 2.24) is 0 Å². The van der Waals surface area contributed by atoms with Gasteiger partial charge in [-0.05, 0) is 32.4 Å². The Bertz CT molecular complexity index is 931. The van der Waals surface area contributed by atoms with E-state index in [-0.39, 0.29) is 17.9 Å². The lowest BCUT2D eigenvalue weighted by Gasteiger charge is -2.32. The first-order chi connectivity index (χ1) is 13.9. The highest BCUT2D eigenvalue weighted by Gasteiger charge is 2.47. The van der Waals surface area contributed by atoms with Crippen molar-refractivity contribution in [2.45, 2.75) is 39.8 Å².